The summed E-state index contributed by atoms with van der Waals surface area (Å²) >= 11 is 0. The van der Waals surface area contributed by atoms with Gasteiger partial charge in [-0.3, -0.25) is 4.79 Å². The molecule has 2 heterocycles. The van der Waals surface area contributed by atoms with Crippen LogP contribution in [0.5, 0.6) is 5.75 Å². The number of carbonyl (C=O) groups excluding carboxylic acids is 1. The van der Waals surface area contributed by atoms with E-state index in [9.17, 15) is 10.1 Å². The van der Waals surface area contributed by atoms with Crippen LogP contribution in [0.1, 0.15) is 41.8 Å². The van der Waals surface area contributed by atoms with E-state index in [1.165, 1.54) is 0 Å². The lowest BCUT2D eigenvalue weighted by Crippen LogP contribution is -2.25. The lowest BCUT2D eigenvalue weighted by molar-refractivity contribution is 0.112. The Labute approximate surface area is 168 Å². The number of para-hydroxylation sites is 1. The van der Waals surface area contributed by atoms with Crippen LogP contribution in [0.15, 0.2) is 40.9 Å². The minimum atomic E-state index is -0.105. The van der Waals surface area contributed by atoms with Crippen LogP contribution in [0.25, 0.3) is 11.5 Å². The summed E-state index contributed by atoms with van der Waals surface area (Å²) in [4.78, 5) is 17.6. The van der Waals surface area contributed by atoms with E-state index < -0.39 is 0 Å². The van der Waals surface area contributed by atoms with E-state index in [0.29, 0.717) is 34.3 Å². The van der Waals surface area contributed by atoms with E-state index in [1.54, 1.807) is 24.3 Å². The molecule has 1 aliphatic heterocycles. The van der Waals surface area contributed by atoms with Crippen LogP contribution in [-0.4, -0.2) is 29.1 Å². The molecule has 0 atom stereocenters. The molecular weight excluding hydrogens is 368 g/mol. The van der Waals surface area contributed by atoms with E-state index in [1.807, 2.05) is 30.9 Å². The summed E-state index contributed by atoms with van der Waals surface area (Å²) in [7, 11) is 0. The Morgan fingerprint density at radius 2 is 2.17 bits per heavy atom. The Kier molecular flexibility index (Phi) is 5.00. The number of nitriles is 1. The molecule has 0 fully saturated rings. The van der Waals surface area contributed by atoms with Gasteiger partial charge in [-0.1, -0.05) is 6.07 Å². The number of carbonyl (C=O) groups is 1. The molecule has 1 aromatic heterocycles. The molecule has 146 valence electrons. The first kappa shape index (κ1) is 18.7. The Balaban J connectivity index is 1.73. The van der Waals surface area contributed by atoms with Crippen molar-refractivity contribution in [3.63, 3.8) is 0 Å². The monoisotopic (exact) mass is 388 g/mol. The number of rotatable bonds is 5. The number of hydrogen-bond acceptors (Lipinski definition) is 7. The second-order valence-electron chi connectivity index (χ2n) is 7.12. The fraction of sp³-hybridized carbons (Fsp3) is 0.273. The summed E-state index contributed by atoms with van der Waals surface area (Å²) in [6.07, 6.45) is 2.57. The SMILES string of the molecule is CC(C)Oc1c(C#N)cccc1-c1nc(N2CCCc3cc(C=O)ccc32)no1. The van der Waals surface area contributed by atoms with Gasteiger partial charge < -0.3 is 14.2 Å². The zero-order valence-electron chi connectivity index (χ0n) is 16.3. The van der Waals surface area contributed by atoms with Gasteiger partial charge in [0.25, 0.3) is 11.8 Å². The molecular formula is C22H20N4O3. The van der Waals surface area contributed by atoms with Crippen molar-refractivity contribution >= 4 is 17.9 Å². The zero-order chi connectivity index (χ0) is 20.4. The third-order valence-corrected chi connectivity index (χ3v) is 4.73. The number of hydrogen-bond donors (Lipinski definition) is 0. The molecule has 0 amide bonds. The summed E-state index contributed by atoms with van der Waals surface area (Å²) in [5.41, 5.74) is 3.72. The maximum Gasteiger partial charge on any atom is 0.270 e. The van der Waals surface area contributed by atoms with Gasteiger partial charge in [-0.25, -0.2) is 0 Å². The molecule has 3 aromatic rings. The third-order valence-electron chi connectivity index (χ3n) is 4.73. The smallest absolute Gasteiger partial charge is 0.270 e. The van der Waals surface area contributed by atoms with Crippen LogP contribution in [0.4, 0.5) is 11.6 Å². The lowest BCUT2D eigenvalue weighted by Gasteiger charge is -2.28. The van der Waals surface area contributed by atoms with Crippen molar-refractivity contribution in [3.8, 4) is 23.3 Å². The molecule has 0 N–H and O–H groups in total. The van der Waals surface area contributed by atoms with Gasteiger partial charge >= 0.3 is 0 Å². The molecule has 29 heavy (non-hydrogen) atoms. The number of benzene rings is 2. The summed E-state index contributed by atoms with van der Waals surface area (Å²) in [6, 6.07) is 13.0. The molecule has 7 heteroatoms. The Hall–Kier alpha value is -3.66. The van der Waals surface area contributed by atoms with E-state index in [0.717, 1.165) is 36.9 Å². The van der Waals surface area contributed by atoms with Crippen molar-refractivity contribution in [2.45, 2.75) is 32.8 Å². The normalized spacial score (nSPS) is 13.1. The van der Waals surface area contributed by atoms with Crippen LogP contribution >= 0.6 is 0 Å². The third kappa shape index (κ3) is 3.57. The average Bonchev–Trinajstić information content (AvgIpc) is 3.22. The number of nitrogens with zero attached hydrogens (tertiary/aromatic N) is 4. The molecule has 0 saturated carbocycles. The van der Waals surface area contributed by atoms with Gasteiger partial charge in [-0.2, -0.15) is 10.2 Å². The number of aromatic nitrogens is 2. The maximum absolute atomic E-state index is 11.1. The summed E-state index contributed by atoms with van der Waals surface area (Å²) in [5, 5.41) is 13.6. The molecule has 2 aromatic carbocycles. The van der Waals surface area contributed by atoms with Crippen LogP contribution < -0.4 is 9.64 Å². The van der Waals surface area contributed by atoms with Gasteiger partial charge in [0, 0.05) is 17.8 Å². The fourth-order valence-corrected chi connectivity index (χ4v) is 3.49. The molecule has 4 rings (SSSR count). The predicted molar refractivity (Wildman–Crippen MR) is 107 cm³/mol. The van der Waals surface area contributed by atoms with Crippen LogP contribution in [0, 0.1) is 11.3 Å². The maximum atomic E-state index is 11.1. The van der Waals surface area contributed by atoms with E-state index in [2.05, 4.69) is 16.2 Å². The van der Waals surface area contributed by atoms with E-state index in [-0.39, 0.29) is 6.10 Å². The molecule has 0 unspecified atom stereocenters. The molecule has 0 aliphatic carbocycles. The van der Waals surface area contributed by atoms with Crippen LogP contribution in [-0.2, 0) is 6.42 Å². The van der Waals surface area contributed by atoms with E-state index >= 15 is 0 Å². The van der Waals surface area contributed by atoms with E-state index in [4.69, 9.17) is 9.26 Å². The topological polar surface area (TPSA) is 92.2 Å². The first-order chi connectivity index (χ1) is 14.1. The van der Waals surface area contributed by atoms with Crippen molar-refractivity contribution in [1.82, 2.24) is 10.1 Å². The lowest BCUT2D eigenvalue weighted by atomic mass is 10.00. The van der Waals surface area contributed by atoms with Crippen LogP contribution in [0.3, 0.4) is 0 Å². The molecule has 0 radical (unpaired) electrons. The average molecular weight is 388 g/mol. The highest BCUT2D eigenvalue weighted by molar-refractivity contribution is 5.78. The number of aldehydes is 1. The molecule has 7 nitrogen and oxygen atoms in total. The molecule has 0 bridgehead atoms. The van der Waals surface area contributed by atoms with Crippen molar-refractivity contribution in [1.29, 1.82) is 5.26 Å². The number of ether oxygens (including phenoxy) is 1. The first-order valence-electron chi connectivity index (χ1n) is 9.50. The van der Waals surface area contributed by atoms with Gasteiger partial charge in [0.05, 0.1) is 17.2 Å². The number of anilines is 2. The minimum Gasteiger partial charge on any atom is -0.489 e. The summed E-state index contributed by atoms with van der Waals surface area (Å²) in [5.74, 6) is 1.18. The minimum absolute atomic E-state index is 0.105. The Bertz CT molecular complexity index is 1100. The fourth-order valence-electron chi connectivity index (χ4n) is 3.49. The predicted octanol–water partition coefficient (Wildman–Crippen LogP) is 4.29. The molecule has 0 spiro atoms. The Morgan fingerprint density at radius 3 is 2.93 bits per heavy atom. The zero-order valence-corrected chi connectivity index (χ0v) is 16.3. The second-order valence-corrected chi connectivity index (χ2v) is 7.12. The number of aryl methyl sites for hydroxylation is 1. The van der Waals surface area contributed by atoms with Gasteiger partial charge in [0.2, 0.25) is 0 Å². The standard InChI is InChI=1S/C22H20N4O3/c1-14(2)28-20-17(12-23)5-3-7-18(20)21-24-22(25-29-21)26-10-4-6-16-11-15(13-27)8-9-19(16)26/h3,5,7-9,11,13-14H,4,6,10H2,1-2H3. The Morgan fingerprint density at radius 1 is 1.31 bits per heavy atom. The summed E-state index contributed by atoms with van der Waals surface area (Å²) in [6.45, 7) is 4.55. The van der Waals surface area contributed by atoms with Gasteiger partial charge in [0.1, 0.15) is 18.1 Å². The van der Waals surface area contributed by atoms with Crippen molar-refractivity contribution < 1.29 is 14.1 Å². The van der Waals surface area contributed by atoms with Crippen molar-refractivity contribution in [2.75, 3.05) is 11.4 Å². The highest BCUT2D eigenvalue weighted by Crippen LogP contribution is 2.36. The second kappa shape index (κ2) is 7.76. The highest BCUT2D eigenvalue weighted by Gasteiger charge is 2.25. The quantitative estimate of drug-likeness (QED) is 0.602. The largest absolute Gasteiger partial charge is 0.489 e. The van der Waals surface area contributed by atoms with Crippen molar-refractivity contribution in [3.05, 3.63) is 53.1 Å². The molecule has 0 saturated heterocycles. The molecule has 1 aliphatic rings. The highest BCUT2D eigenvalue weighted by atomic mass is 16.5. The number of fused-ring (bicyclic) bond motifs is 1. The first-order valence-corrected chi connectivity index (χ1v) is 9.50. The summed E-state index contributed by atoms with van der Waals surface area (Å²) < 4.78 is 11.4. The van der Waals surface area contributed by atoms with Gasteiger partial charge in [-0.05, 0) is 67.7 Å². The van der Waals surface area contributed by atoms with Gasteiger partial charge in [-0.15, -0.1) is 0 Å². The van der Waals surface area contributed by atoms with Gasteiger partial charge in [0.15, 0.2) is 0 Å². The van der Waals surface area contributed by atoms with Crippen molar-refractivity contribution in [2.24, 2.45) is 0 Å². The van der Waals surface area contributed by atoms with Crippen LogP contribution in [0.2, 0.25) is 0 Å².